The van der Waals surface area contributed by atoms with Crippen LogP contribution in [0.2, 0.25) is 0 Å². The Labute approximate surface area is 276 Å². The van der Waals surface area contributed by atoms with Crippen molar-refractivity contribution in [1.29, 1.82) is 0 Å². The van der Waals surface area contributed by atoms with Crippen molar-refractivity contribution in [1.82, 2.24) is 14.5 Å². The third kappa shape index (κ3) is 4.10. The molecule has 0 spiro atoms. The summed E-state index contributed by atoms with van der Waals surface area (Å²) in [6.45, 7) is 0. The summed E-state index contributed by atoms with van der Waals surface area (Å²) in [6.07, 6.45) is 0. The molecular weight excluding hydrogens is 587 g/mol. The summed E-state index contributed by atoms with van der Waals surface area (Å²) in [6, 6.07) is 57.1. The van der Waals surface area contributed by atoms with Gasteiger partial charge in [-0.1, -0.05) is 121 Å². The van der Waals surface area contributed by atoms with Crippen LogP contribution in [0, 0.1) is 0 Å². The summed E-state index contributed by atoms with van der Waals surface area (Å²) in [5, 5.41) is 6.97. The summed E-state index contributed by atoms with van der Waals surface area (Å²) >= 11 is 0. The van der Waals surface area contributed by atoms with Gasteiger partial charge in [0.1, 0.15) is 11.2 Å². The van der Waals surface area contributed by atoms with E-state index < -0.39 is 0 Å². The third-order valence-corrected chi connectivity index (χ3v) is 9.41. The van der Waals surface area contributed by atoms with E-state index in [1.165, 1.54) is 16.2 Å². The zero-order chi connectivity index (χ0) is 31.6. The monoisotopic (exact) mass is 613 g/mol. The average molecular weight is 614 g/mol. The summed E-state index contributed by atoms with van der Waals surface area (Å²) < 4.78 is 8.99. The average Bonchev–Trinajstić information content (AvgIpc) is 3.72. The van der Waals surface area contributed by atoms with Gasteiger partial charge in [0.2, 0.25) is 0 Å². The Bertz CT molecular complexity index is 2760. The summed E-state index contributed by atoms with van der Waals surface area (Å²) in [7, 11) is 0. The zero-order valence-electron chi connectivity index (χ0n) is 25.8. The summed E-state index contributed by atoms with van der Waals surface area (Å²) in [5.74, 6) is 0.708. The maximum atomic E-state index is 6.61. The number of para-hydroxylation sites is 1. The van der Waals surface area contributed by atoms with Crippen LogP contribution in [-0.4, -0.2) is 14.5 Å². The van der Waals surface area contributed by atoms with E-state index in [1.807, 2.05) is 36.4 Å². The normalized spacial score (nSPS) is 11.8. The van der Waals surface area contributed by atoms with Crippen molar-refractivity contribution in [2.75, 3.05) is 0 Å². The molecule has 0 saturated heterocycles. The molecule has 0 saturated carbocycles. The predicted octanol–water partition coefficient (Wildman–Crippen LogP) is 11.6. The molecule has 7 aromatic carbocycles. The minimum Gasteiger partial charge on any atom is -0.455 e. The molecule has 3 aromatic heterocycles. The first-order chi connectivity index (χ1) is 23.8. The van der Waals surface area contributed by atoms with Gasteiger partial charge in [-0.15, -0.1) is 0 Å². The predicted molar refractivity (Wildman–Crippen MR) is 197 cm³/mol. The highest BCUT2D eigenvalue weighted by atomic mass is 16.3. The van der Waals surface area contributed by atoms with Crippen LogP contribution >= 0.6 is 0 Å². The number of rotatable bonds is 4. The molecule has 4 nitrogen and oxygen atoms in total. The van der Waals surface area contributed by atoms with Gasteiger partial charge in [-0.25, -0.2) is 9.97 Å². The molecule has 10 rings (SSSR count). The minimum absolute atomic E-state index is 0.708. The van der Waals surface area contributed by atoms with Gasteiger partial charge in [0.05, 0.1) is 27.8 Å². The smallest absolute Gasteiger partial charge is 0.160 e. The van der Waals surface area contributed by atoms with E-state index in [9.17, 15) is 0 Å². The molecule has 10 aromatic rings. The van der Waals surface area contributed by atoms with Gasteiger partial charge < -0.3 is 8.98 Å². The Morgan fingerprint density at radius 3 is 1.85 bits per heavy atom. The van der Waals surface area contributed by atoms with Crippen molar-refractivity contribution >= 4 is 54.5 Å². The maximum Gasteiger partial charge on any atom is 0.160 e. The molecule has 0 aliphatic heterocycles. The minimum atomic E-state index is 0.708. The van der Waals surface area contributed by atoms with Crippen molar-refractivity contribution in [2.24, 2.45) is 0 Å². The largest absolute Gasteiger partial charge is 0.455 e. The van der Waals surface area contributed by atoms with E-state index in [-0.39, 0.29) is 0 Å². The number of furan rings is 1. The van der Waals surface area contributed by atoms with E-state index in [4.69, 9.17) is 14.4 Å². The molecule has 0 N–H and O–H groups in total. The van der Waals surface area contributed by atoms with Crippen LogP contribution in [0.15, 0.2) is 168 Å². The van der Waals surface area contributed by atoms with Gasteiger partial charge in [0, 0.05) is 43.9 Å². The van der Waals surface area contributed by atoms with Gasteiger partial charge in [0.25, 0.3) is 0 Å². The topological polar surface area (TPSA) is 43.9 Å². The van der Waals surface area contributed by atoms with Crippen LogP contribution in [0.5, 0.6) is 0 Å². The first-order valence-electron chi connectivity index (χ1n) is 16.2. The molecule has 0 aliphatic rings. The summed E-state index contributed by atoms with van der Waals surface area (Å²) in [5.41, 5.74) is 10.0. The molecule has 0 bridgehead atoms. The summed E-state index contributed by atoms with van der Waals surface area (Å²) in [4.78, 5) is 10.0. The van der Waals surface area contributed by atoms with E-state index in [0.29, 0.717) is 5.82 Å². The quantitative estimate of drug-likeness (QED) is 0.198. The number of benzene rings is 7. The molecule has 0 atom stereocenters. The van der Waals surface area contributed by atoms with Crippen LogP contribution in [0.4, 0.5) is 0 Å². The molecule has 0 aliphatic carbocycles. The van der Waals surface area contributed by atoms with E-state index in [0.717, 1.165) is 72.1 Å². The van der Waals surface area contributed by atoms with Crippen molar-refractivity contribution < 1.29 is 4.42 Å². The van der Waals surface area contributed by atoms with E-state index in [2.05, 4.69) is 132 Å². The fourth-order valence-corrected chi connectivity index (χ4v) is 7.16. The Morgan fingerprint density at radius 2 is 1.08 bits per heavy atom. The highest BCUT2D eigenvalue weighted by Gasteiger charge is 2.20. The van der Waals surface area contributed by atoms with Crippen LogP contribution in [0.25, 0.3) is 94.1 Å². The molecule has 224 valence electrons. The van der Waals surface area contributed by atoms with Crippen LogP contribution in [0.1, 0.15) is 0 Å². The lowest BCUT2D eigenvalue weighted by atomic mass is 10.0. The van der Waals surface area contributed by atoms with Gasteiger partial charge >= 0.3 is 0 Å². The van der Waals surface area contributed by atoms with Gasteiger partial charge in [0.15, 0.2) is 5.82 Å². The third-order valence-electron chi connectivity index (χ3n) is 9.41. The molecule has 0 radical (unpaired) electrons. The Morgan fingerprint density at radius 1 is 0.458 bits per heavy atom. The van der Waals surface area contributed by atoms with Crippen molar-refractivity contribution in [2.45, 2.75) is 0 Å². The molecule has 3 heterocycles. The van der Waals surface area contributed by atoms with Crippen LogP contribution in [-0.2, 0) is 0 Å². The van der Waals surface area contributed by atoms with Crippen molar-refractivity contribution in [3.8, 4) is 39.6 Å². The second kappa shape index (κ2) is 10.5. The van der Waals surface area contributed by atoms with E-state index in [1.54, 1.807) is 0 Å². The number of nitrogens with zero attached hydrogens (tertiary/aromatic N) is 3. The highest BCUT2D eigenvalue weighted by Crippen LogP contribution is 2.42. The lowest BCUT2D eigenvalue weighted by Crippen LogP contribution is -1.97. The molecule has 0 amide bonds. The lowest BCUT2D eigenvalue weighted by molar-refractivity contribution is 0.673. The van der Waals surface area contributed by atoms with Gasteiger partial charge in [-0.3, -0.25) is 0 Å². The second-order valence-corrected chi connectivity index (χ2v) is 12.2. The first kappa shape index (κ1) is 26.7. The lowest BCUT2D eigenvalue weighted by Gasteiger charge is -2.12. The van der Waals surface area contributed by atoms with Crippen molar-refractivity contribution in [3.63, 3.8) is 0 Å². The zero-order valence-corrected chi connectivity index (χ0v) is 25.8. The molecule has 0 fully saturated rings. The SMILES string of the molecule is c1ccc(-c2cc(-c3ccc(-n4c5ccccc5c5ccc6oc7c8ccccc8ccc7c6c54)cc3)nc(-c3ccccc3)n2)cc1. The van der Waals surface area contributed by atoms with Gasteiger partial charge in [-0.2, -0.15) is 0 Å². The maximum absolute atomic E-state index is 6.61. The molecule has 0 unspecified atom stereocenters. The Hall–Kier alpha value is -6.52. The Kier molecular flexibility index (Phi) is 5.84. The highest BCUT2D eigenvalue weighted by molar-refractivity contribution is 6.27. The second-order valence-electron chi connectivity index (χ2n) is 12.2. The number of fused-ring (bicyclic) bond motifs is 9. The fraction of sp³-hybridized carbons (Fsp3) is 0. The number of aromatic nitrogens is 3. The number of hydrogen-bond acceptors (Lipinski definition) is 3. The Balaban J connectivity index is 1.18. The standard InChI is InChI=1S/C44H27N3O/c1-3-12-29(13-4-1)37-27-38(46-44(45-37)31-14-5-2-6-15-31)30-19-22-32(23-20-30)47-39-18-10-9-17-34(39)35-25-26-40-41(42(35)47)36-24-21-28-11-7-8-16-33(28)43(36)48-40/h1-27H. The molecule has 48 heavy (non-hydrogen) atoms. The van der Waals surface area contributed by atoms with Gasteiger partial charge in [-0.05, 0) is 47.9 Å². The molecule has 4 heteroatoms. The van der Waals surface area contributed by atoms with Crippen LogP contribution in [0.3, 0.4) is 0 Å². The molecular formula is C44H27N3O. The number of hydrogen-bond donors (Lipinski definition) is 0. The first-order valence-corrected chi connectivity index (χ1v) is 16.2. The van der Waals surface area contributed by atoms with E-state index >= 15 is 0 Å². The van der Waals surface area contributed by atoms with Crippen molar-refractivity contribution in [3.05, 3.63) is 164 Å². The fourth-order valence-electron chi connectivity index (χ4n) is 7.16. The van der Waals surface area contributed by atoms with Crippen LogP contribution < -0.4 is 0 Å².